The van der Waals surface area contributed by atoms with Crippen LogP contribution in [0.25, 0.3) is 10.8 Å². The van der Waals surface area contributed by atoms with Crippen LogP contribution in [-0.2, 0) is 16.0 Å². The van der Waals surface area contributed by atoms with E-state index in [0.717, 1.165) is 25.5 Å². The largest absolute Gasteiger partial charge is 0.379 e. The topological polar surface area (TPSA) is 54.9 Å². The van der Waals surface area contributed by atoms with Gasteiger partial charge in [-0.1, -0.05) is 42.5 Å². The Morgan fingerprint density at radius 2 is 2.12 bits per heavy atom. The molecule has 1 saturated heterocycles. The van der Waals surface area contributed by atoms with Gasteiger partial charge in [-0.25, -0.2) is 4.99 Å². The SMILES string of the molecule is CCNC(=NCc1cccc2ccccc12)NC(C)COC1CCOC1. The van der Waals surface area contributed by atoms with Crippen LogP contribution in [0.4, 0.5) is 0 Å². The van der Waals surface area contributed by atoms with E-state index in [1.54, 1.807) is 0 Å². The minimum atomic E-state index is 0.181. The van der Waals surface area contributed by atoms with Gasteiger partial charge in [0.15, 0.2) is 5.96 Å². The zero-order chi connectivity index (χ0) is 18.2. The molecule has 0 spiro atoms. The number of aliphatic imine (C=N–C) groups is 1. The van der Waals surface area contributed by atoms with E-state index >= 15 is 0 Å². The fraction of sp³-hybridized carbons (Fsp3) is 0.476. The molecule has 0 radical (unpaired) electrons. The maximum atomic E-state index is 5.89. The summed E-state index contributed by atoms with van der Waals surface area (Å²) in [5, 5.41) is 9.26. The van der Waals surface area contributed by atoms with E-state index in [9.17, 15) is 0 Å². The molecular formula is C21H29N3O2. The first-order chi connectivity index (χ1) is 12.8. The van der Waals surface area contributed by atoms with Gasteiger partial charge in [-0.05, 0) is 36.6 Å². The normalized spacial score (nSPS) is 18.8. The molecule has 2 aromatic rings. The van der Waals surface area contributed by atoms with Crippen molar-refractivity contribution in [2.75, 3.05) is 26.4 Å². The molecule has 1 fully saturated rings. The van der Waals surface area contributed by atoms with Crippen molar-refractivity contribution in [3.8, 4) is 0 Å². The predicted octanol–water partition coefficient (Wildman–Crippen LogP) is 3.09. The second-order valence-electron chi connectivity index (χ2n) is 6.70. The van der Waals surface area contributed by atoms with Gasteiger partial charge in [-0.15, -0.1) is 0 Å². The lowest BCUT2D eigenvalue weighted by Gasteiger charge is -2.19. The van der Waals surface area contributed by atoms with Crippen molar-refractivity contribution in [2.45, 2.75) is 39.0 Å². The van der Waals surface area contributed by atoms with Crippen molar-refractivity contribution < 1.29 is 9.47 Å². The number of rotatable bonds is 7. The highest BCUT2D eigenvalue weighted by molar-refractivity contribution is 5.86. The first-order valence-electron chi connectivity index (χ1n) is 9.47. The minimum absolute atomic E-state index is 0.181. The van der Waals surface area contributed by atoms with Crippen LogP contribution in [0.1, 0.15) is 25.8 Å². The molecule has 3 rings (SSSR count). The standard InChI is InChI=1S/C21H29N3O2/c1-3-22-21(24-16(2)14-26-19-11-12-25-15-19)23-13-18-9-6-8-17-7-4-5-10-20(17)18/h4-10,16,19H,3,11-15H2,1-2H3,(H2,22,23,24). The van der Waals surface area contributed by atoms with E-state index < -0.39 is 0 Å². The number of ether oxygens (including phenoxy) is 2. The Bertz CT molecular complexity index is 721. The van der Waals surface area contributed by atoms with Gasteiger partial charge in [-0.2, -0.15) is 0 Å². The molecule has 2 unspecified atom stereocenters. The summed E-state index contributed by atoms with van der Waals surface area (Å²) in [7, 11) is 0. The van der Waals surface area contributed by atoms with Crippen molar-refractivity contribution in [3.05, 3.63) is 48.0 Å². The van der Waals surface area contributed by atoms with Gasteiger partial charge in [0.1, 0.15) is 0 Å². The van der Waals surface area contributed by atoms with E-state index in [1.807, 2.05) is 0 Å². The summed E-state index contributed by atoms with van der Waals surface area (Å²) >= 11 is 0. The predicted molar refractivity (Wildman–Crippen MR) is 107 cm³/mol. The fourth-order valence-electron chi connectivity index (χ4n) is 3.11. The van der Waals surface area contributed by atoms with Crippen molar-refractivity contribution >= 4 is 16.7 Å². The van der Waals surface area contributed by atoms with Gasteiger partial charge in [0.2, 0.25) is 0 Å². The van der Waals surface area contributed by atoms with Crippen LogP contribution in [-0.4, -0.2) is 44.5 Å². The third-order valence-corrected chi connectivity index (χ3v) is 4.48. The number of hydrogen-bond donors (Lipinski definition) is 2. The van der Waals surface area contributed by atoms with Crippen LogP contribution in [0.15, 0.2) is 47.5 Å². The van der Waals surface area contributed by atoms with Gasteiger partial charge in [0.05, 0.1) is 25.9 Å². The molecule has 5 heteroatoms. The molecular weight excluding hydrogens is 326 g/mol. The number of fused-ring (bicyclic) bond motifs is 1. The highest BCUT2D eigenvalue weighted by Gasteiger charge is 2.17. The Hall–Kier alpha value is -2.11. The van der Waals surface area contributed by atoms with Gasteiger partial charge in [-0.3, -0.25) is 0 Å². The Labute approximate surface area is 155 Å². The number of hydrogen-bond acceptors (Lipinski definition) is 3. The lowest BCUT2D eigenvalue weighted by atomic mass is 10.1. The monoisotopic (exact) mass is 355 g/mol. The van der Waals surface area contributed by atoms with E-state index in [-0.39, 0.29) is 12.1 Å². The third-order valence-electron chi connectivity index (χ3n) is 4.48. The van der Waals surface area contributed by atoms with Gasteiger partial charge >= 0.3 is 0 Å². The average Bonchev–Trinajstić information content (AvgIpc) is 3.18. The zero-order valence-corrected chi connectivity index (χ0v) is 15.7. The van der Waals surface area contributed by atoms with Gasteiger partial charge < -0.3 is 20.1 Å². The summed E-state index contributed by atoms with van der Waals surface area (Å²) in [4.78, 5) is 4.77. The molecule has 0 bridgehead atoms. The molecule has 0 aromatic heterocycles. The first kappa shape index (κ1) is 18.7. The summed E-state index contributed by atoms with van der Waals surface area (Å²) in [5.74, 6) is 0.819. The molecule has 0 amide bonds. The third kappa shape index (κ3) is 5.19. The first-order valence-corrected chi connectivity index (χ1v) is 9.47. The molecule has 5 nitrogen and oxygen atoms in total. The Kier molecular flexibility index (Phi) is 6.86. The average molecular weight is 355 g/mol. The highest BCUT2D eigenvalue weighted by Crippen LogP contribution is 2.19. The maximum Gasteiger partial charge on any atom is 0.191 e. The molecule has 0 aliphatic carbocycles. The van der Waals surface area contributed by atoms with Crippen molar-refractivity contribution in [3.63, 3.8) is 0 Å². The smallest absolute Gasteiger partial charge is 0.191 e. The molecule has 2 N–H and O–H groups in total. The van der Waals surface area contributed by atoms with E-state index in [2.05, 4.69) is 66.9 Å². The number of guanidine groups is 1. The van der Waals surface area contributed by atoms with Gasteiger partial charge in [0.25, 0.3) is 0 Å². The maximum absolute atomic E-state index is 5.89. The summed E-state index contributed by atoms with van der Waals surface area (Å²) in [6, 6.07) is 15.0. The Morgan fingerprint density at radius 3 is 2.92 bits per heavy atom. The van der Waals surface area contributed by atoms with Crippen molar-refractivity contribution in [1.29, 1.82) is 0 Å². The van der Waals surface area contributed by atoms with E-state index in [1.165, 1.54) is 16.3 Å². The molecule has 26 heavy (non-hydrogen) atoms. The number of benzene rings is 2. The minimum Gasteiger partial charge on any atom is -0.379 e. The molecule has 2 aromatic carbocycles. The molecule has 2 atom stereocenters. The second-order valence-corrected chi connectivity index (χ2v) is 6.70. The summed E-state index contributed by atoms with van der Waals surface area (Å²) in [6.45, 7) is 7.81. The number of nitrogens with one attached hydrogen (secondary N) is 2. The molecule has 1 aliphatic rings. The van der Waals surface area contributed by atoms with Crippen LogP contribution in [0.3, 0.4) is 0 Å². The second kappa shape index (κ2) is 9.55. The quantitative estimate of drug-likeness (QED) is 0.592. The van der Waals surface area contributed by atoms with Crippen LogP contribution in [0, 0.1) is 0 Å². The summed E-state index contributed by atoms with van der Waals surface area (Å²) in [6.07, 6.45) is 1.22. The molecule has 1 aliphatic heterocycles. The van der Waals surface area contributed by atoms with Crippen LogP contribution >= 0.6 is 0 Å². The fourth-order valence-corrected chi connectivity index (χ4v) is 3.11. The molecule has 0 saturated carbocycles. The van der Waals surface area contributed by atoms with E-state index in [0.29, 0.717) is 19.8 Å². The van der Waals surface area contributed by atoms with Crippen LogP contribution in [0.5, 0.6) is 0 Å². The lowest BCUT2D eigenvalue weighted by molar-refractivity contribution is 0.0347. The Morgan fingerprint density at radius 1 is 1.27 bits per heavy atom. The van der Waals surface area contributed by atoms with Crippen LogP contribution in [0.2, 0.25) is 0 Å². The summed E-state index contributed by atoms with van der Waals surface area (Å²) in [5.41, 5.74) is 1.23. The van der Waals surface area contributed by atoms with E-state index in [4.69, 9.17) is 14.5 Å². The zero-order valence-electron chi connectivity index (χ0n) is 15.7. The van der Waals surface area contributed by atoms with Gasteiger partial charge in [0, 0.05) is 19.2 Å². The number of nitrogens with zero attached hydrogens (tertiary/aromatic N) is 1. The summed E-state index contributed by atoms with van der Waals surface area (Å²) < 4.78 is 11.2. The lowest BCUT2D eigenvalue weighted by Crippen LogP contribution is -2.44. The molecule has 1 heterocycles. The molecule has 140 valence electrons. The Balaban J connectivity index is 1.60. The van der Waals surface area contributed by atoms with Crippen molar-refractivity contribution in [1.82, 2.24) is 10.6 Å². The van der Waals surface area contributed by atoms with Crippen LogP contribution < -0.4 is 10.6 Å². The highest BCUT2D eigenvalue weighted by atomic mass is 16.5. The van der Waals surface area contributed by atoms with Crippen molar-refractivity contribution in [2.24, 2.45) is 4.99 Å².